The van der Waals surface area contributed by atoms with Gasteiger partial charge in [0.15, 0.2) is 5.16 Å². The number of hydrogen-bond donors (Lipinski definition) is 0. The van der Waals surface area contributed by atoms with Gasteiger partial charge >= 0.3 is 0 Å². The van der Waals surface area contributed by atoms with Crippen LogP contribution in [0.5, 0.6) is 5.75 Å². The fraction of sp³-hybridized carbons (Fsp3) is 0.115. The van der Waals surface area contributed by atoms with Gasteiger partial charge in [-0.2, -0.15) is 0 Å². The summed E-state index contributed by atoms with van der Waals surface area (Å²) in [5.41, 5.74) is 3.38. The molecule has 30 heavy (non-hydrogen) atoms. The van der Waals surface area contributed by atoms with Crippen LogP contribution >= 0.6 is 11.8 Å². The van der Waals surface area contributed by atoms with Gasteiger partial charge in [-0.3, -0.25) is 0 Å². The minimum atomic E-state index is 0.590. The Morgan fingerprint density at radius 2 is 1.60 bits per heavy atom. The summed E-state index contributed by atoms with van der Waals surface area (Å²) in [6.45, 7) is 3.41. The molecule has 0 bridgehead atoms. The average molecular weight is 411 g/mol. The Morgan fingerprint density at radius 1 is 0.833 bits per heavy atom. The molecule has 0 aliphatic rings. The van der Waals surface area contributed by atoms with Crippen LogP contribution in [0, 0.1) is 6.92 Å². The molecule has 0 spiro atoms. The van der Waals surface area contributed by atoms with Crippen molar-refractivity contribution < 1.29 is 4.74 Å². The SMILES string of the molecule is Cc1ccc(OCCn2c(Sc3cccc4ccccc34)nc3ccccc32)cc1. The van der Waals surface area contributed by atoms with Gasteiger partial charge < -0.3 is 9.30 Å². The first-order chi connectivity index (χ1) is 14.8. The first-order valence-corrected chi connectivity index (χ1v) is 10.9. The highest BCUT2D eigenvalue weighted by Gasteiger charge is 2.13. The number of hydrogen-bond acceptors (Lipinski definition) is 3. The summed E-state index contributed by atoms with van der Waals surface area (Å²) in [4.78, 5) is 6.13. The highest BCUT2D eigenvalue weighted by atomic mass is 32.2. The highest BCUT2D eigenvalue weighted by Crippen LogP contribution is 2.34. The quantitative estimate of drug-likeness (QED) is 0.311. The molecule has 0 N–H and O–H groups in total. The maximum Gasteiger partial charge on any atom is 0.174 e. The van der Waals surface area contributed by atoms with Crippen LogP contribution in [0.2, 0.25) is 0 Å². The van der Waals surface area contributed by atoms with Gasteiger partial charge in [-0.1, -0.05) is 78.0 Å². The third kappa shape index (κ3) is 3.79. The van der Waals surface area contributed by atoms with Gasteiger partial charge in [0.2, 0.25) is 0 Å². The van der Waals surface area contributed by atoms with Crippen LogP contribution < -0.4 is 4.74 Å². The van der Waals surface area contributed by atoms with Gasteiger partial charge in [0.25, 0.3) is 0 Å². The lowest BCUT2D eigenvalue weighted by molar-refractivity contribution is 0.295. The number of rotatable bonds is 6. The first-order valence-electron chi connectivity index (χ1n) is 10.1. The molecule has 1 aromatic heterocycles. The minimum Gasteiger partial charge on any atom is -0.492 e. The lowest BCUT2D eigenvalue weighted by Gasteiger charge is -2.11. The molecule has 3 nitrogen and oxygen atoms in total. The van der Waals surface area contributed by atoms with E-state index in [1.54, 1.807) is 11.8 Å². The number of fused-ring (bicyclic) bond motifs is 2. The maximum absolute atomic E-state index is 6.00. The zero-order valence-electron chi connectivity index (χ0n) is 16.8. The van der Waals surface area contributed by atoms with Crippen molar-refractivity contribution in [2.24, 2.45) is 0 Å². The Hall–Kier alpha value is -3.24. The number of aromatic nitrogens is 2. The zero-order chi connectivity index (χ0) is 20.3. The lowest BCUT2D eigenvalue weighted by atomic mass is 10.1. The third-order valence-electron chi connectivity index (χ3n) is 5.18. The Kier molecular flexibility index (Phi) is 5.16. The summed E-state index contributed by atoms with van der Waals surface area (Å²) in [7, 11) is 0. The summed E-state index contributed by atoms with van der Waals surface area (Å²) >= 11 is 1.71. The van der Waals surface area contributed by atoms with Crippen molar-refractivity contribution in [3.8, 4) is 5.75 Å². The Morgan fingerprint density at radius 3 is 2.50 bits per heavy atom. The van der Waals surface area contributed by atoms with E-state index >= 15 is 0 Å². The van der Waals surface area contributed by atoms with Crippen LogP contribution in [0.3, 0.4) is 0 Å². The molecule has 0 amide bonds. The molecule has 4 aromatic carbocycles. The summed E-state index contributed by atoms with van der Waals surface area (Å²) < 4.78 is 8.26. The number of nitrogens with zero attached hydrogens (tertiary/aromatic N) is 2. The molecular formula is C26H22N2OS. The molecule has 5 aromatic rings. The number of aryl methyl sites for hydroxylation is 1. The normalized spacial score (nSPS) is 11.2. The Labute approximate surface area is 180 Å². The summed E-state index contributed by atoms with van der Waals surface area (Å²) in [6, 6.07) is 31.4. The molecule has 0 saturated carbocycles. The van der Waals surface area contributed by atoms with E-state index in [2.05, 4.69) is 84.3 Å². The van der Waals surface area contributed by atoms with Gasteiger partial charge in [0.05, 0.1) is 17.6 Å². The Bertz CT molecular complexity index is 1300. The molecule has 0 aliphatic carbocycles. The largest absolute Gasteiger partial charge is 0.492 e. The number of ether oxygens (including phenoxy) is 1. The monoisotopic (exact) mass is 410 g/mol. The molecule has 0 atom stereocenters. The second-order valence-corrected chi connectivity index (χ2v) is 8.28. The molecule has 0 radical (unpaired) electrons. The predicted molar refractivity (Wildman–Crippen MR) is 124 cm³/mol. The topological polar surface area (TPSA) is 27.1 Å². The van der Waals surface area contributed by atoms with Crippen LogP contribution in [-0.2, 0) is 6.54 Å². The van der Waals surface area contributed by atoms with E-state index in [0.29, 0.717) is 6.61 Å². The van der Waals surface area contributed by atoms with E-state index in [0.717, 1.165) is 28.5 Å². The molecule has 0 saturated heterocycles. The van der Waals surface area contributed by atoms with E-state index in [4.69, 9.17) is 9.72 Å². The number of imidazole rings is 1. The summed E-state index contributed by atoms with van der Waals surface area (Å²) in [5, 5.41) is 3.48. The third-order valence-corrected chi connectivity index (χ3v) is 6.25. The van der Waals surface area contributed by atoms with Crippen molar-refractivity contribution >= 4 is 33.6 Å². The lowest BCUT2D eigenvalue weighted by Crippen LogP contribution is -2.09. The molecule has 5 rings (SSSR count). The van der Waals surface area contributed by atoms with Crippen LogP contribution in [0.15, 0.2) is 101 Å². The molecule has 1 heterocycles. The molecular weight excluding hydrogens is 388 g/mol. The van der Waals surface area contributed by atoms with Crippen molar-refractivity contribution in [2.75, 3.05) is 6.61 Å². The van der Waals surface area contributed by atoms with E-state index in [1.165, 1.54) is 21.2 Å². The van der Waals surface area contributed by atoms with Crippen molar-refractivity contribution in [3.05, 3.63) is 96.6 Å². The molecule has 0 fully saturated rings. The van der Waals surface area contributed by atoms with E-state index < -0.39 is 0 Å². The average Bonchev–Trinajstić information content (AvgIpc) is 3.12. The first kappa shape index (κ1) is 18.8. The smallest absolute Gasteiger partial charge is 0.174 e. The van der Waals surface area contributed by atoms with Crippen LogP contribution in [0.4, 0.5) is 0 Å². The van der Waals surface area contributed by atoms with Gasteiger partial charge in [0.1, 0.15) is 12.4 Å². The number of benzene rings is 4. The second-order valence-electron chi connectivity index (χ2n) is 7.28. The number of para-hydroxylation sites is 2. The van der Waals surface area contributed by atoms with Crippen LogP contribution in [0.1, 0.15) is 5.56 Å². The van der Waals surface area contributed by atoms with Crippen molar-refractivity contribution in [2.45, 2.75) is 23.5 Å². The van der Waals surface area contributed by atoms with Crippen molar-refractivity contribution in [1.82, 2.24) is 9.55 Å². The molecule has 4 heteroatoms. The minimum absolute atomic E-state index is 0.590. The van der Waals surface area contributed by atoms with Crippen molar-refractivity contribution in [1.29, 1.82) is 0 Å². The molecule has 0 aliphatic heterocycles. The van der Waals surface area contributed by atoms with E-state index in [9.17, 15) is 0 Å². The van der Waals surface area contributed by atoms with Crippen LogP contribution in [0.25, 0.3) is 21.8 Å². The second kappa shape index (κ2) is 8.25. The Balaban J connectivity index is 1.45. The van der Waals surface area contributed by atoms with Gasteiger partial charge in [0, 0.05) is 4.90 Å². The summed E-state index contributed by atoms with van der Waals surface area (Å²) in [5.74, 6) is 0.897. The predicted octanol–water partition coefficient (Wildman–Crippen LogP) is 6.73. The molecule has 0 unspecified atom stereocenters. The standard InChI is InChI=1S/C26H22N2OS/c1-19-13-15-21(16-14-19)29-18-17-28-24-11-5-4-10-23(24)27-26(28)30-25-12-6-8-20-7-2-3-9-22(20)25/h2-16H,17-18H2,1H3. The zero-order valence-corrected chi connectivity index (χ0v) is 17.6. The fourth-order valence-electron chi connectivity index (χ4n) is 3.62. The van der Waals surface area contributed by atoms with Gasteiger partial charge in [-0.05, 0) is 48.0 Å². The van der Waals surface area contributed by atoms with Gasteiger partial charge in [-0.15, -0.1) is 0 Å². The highest BCUT2D eigenvalue weighted by molar-refractivity contribution is 7.99. The van der Waals surface area contributed by atoms with Gasteiger partial charge in [-0.25, -0.2) is 4.98 Å². The fourth-order valence-corrected chi connectivity index (χ4v) is 4.70. The molecule has 148 valence electrons. The van der Waals surface area contributed by atoms with Crippen LogP contribution in [-0.4, -0.2) is 16.2 Å². The maximum atomic E-state index is 6.00. The van der Waals surface area contributed by atoms with Crippen molar-refractivity contribution in [3.63, 3.8) is 0 Å². The van der Waals surface area contributed by atoms with E-state index in [-0.39, 0.29) is 0 Å². The summed E-state index contributed by atoms with van der Waals surface area (Å²) in [6.07, 6.45) is 0. The van der Waals surface area contributed by atoms with E-state index in [1.807, 2.05) is 18.2 Å².